The van der Waals surface area contributed by atoms with Crippen molar-refractivity contribution >= 4 is 17.2 Å². The normalized spacial score (nSPS) is 16.7. The monoisotopic (exact) mass is 393 g/mol. The van der Waals surface area contributed by atoms with Gasteiger partial charge in [-0.3, -0.25) is 9.69 Å². The van der Waals surface area contributed by atoms with E-state index in [2.05, 4.69) is 61.9 Å². The predicted molar refractivity (Wildman–Crippen MR) is 114 cm³/mol. The van der Waals surface area contributed by atoms with Gasteiger partial charge in [-0.05, 0) is 52.9 Å². The van der Waals surface area contributed by atoms with Crippen molar-refractivity contribution in [3.05, 3.63) is 82.8 Å². The van der Waals surface area contributed by atoms with Gasteiger partial charge in [0, 0.05) is 38.1 Å². The molecule has 4 rings (SSSR count). The predicted octanol–water partition coefficient (Wildman–Crippen LogP) is 4.31. The summed E-state index contributed by atoms with van der Waals surface area (Å²) in [5.41, 5.74) is 2.56. The largest absolute Gasteiger partial charge is 0.353 e. The van der Waals surface area contributed by atoms with E-state index < -0.39 is 0 Å². The SMILES string of the molecule is O=C(CC(c1ccsc1)n1cccc1)NC1CCN(Cc2ccccc2)CC1. The van der Waals surface area contributed by atoms with E-state index in [0.717, 1.165) is 32.5 Å². The Bertz CT molecular complexity index is 803. The molecular formula is C23H27N3OS. The maximum absolute atomic E-state index is 12.7. The molecule has 1 fully saturated rings. The molecule has 5 heteroatoms. The highest BCUT2D eigenvalue weighted by Crippen LogP contribution is 2.25. The lowest BCUT2D eigenvalue weighted by atomic mass is 10.0. The number of carbonyl (C=O) groups excluding carboxylic acids is 1. The van der Waals surface area contributed by atoms with Crippen LogP contribution in [0.1, 0.15) is 36.4 Å². The second-order valence-electron chi connectivity index (χ2n) is 7.51. The standard InChI is InChI=1S/C23H27N3OS/c27-23(16-22(20-10-15-28-18-20)26-11-4-5-12-26)24-21-8-13-25(14-9-21)17-19-6-2-1-3-7-19/h1-7,10-12,15,18,21-22H,8-9,13-14,16-17H2,(H,24,27). The molecule has 1 aliphatic rings. The Morgan fingerprint density at radius 3 is 2.50 bits per heavy atom. The summed E-state index contributed by atoms with van der Waals surface area (Å²) < 4.78 is 2.13. The minimum atomic E-state index is 0.0689. The Hall–Kier alpha value is -2.37. The van der Waals surface area contributed by atoms with Crippen molar-refractivity contribution in [1.82, 2.24) is 14.8 Å². The molecule has 146 valence electrons. The average molecular weight is 394 g/mol. The summed E-state index contributed by atoms with van der Waals surface area (Å²) in [5.74, 6) is 0.145. The van der Waals surface area contributed by atoms with Crippen LogP contribution in [0, 0.1) is 0 Å². The van der Waals surface area contributed by atoms with Crippen LogP contribution in [0.4, 0.5) is 0 Å². The minimum absolute atomic E-state index is 0.0689. The van der Waals surface area contributed by atoms with Gasteiger partial charge in [0.1, 0.15) is 0 Å². The van der Waals surface area contributed by atoms with E-state index in [1.54, 1.807) is 11.3 Å². The number of nitrogens with zero attached hydrogens (tertiary/aromatic N) is 2. The van der Waals surface area contributed by atoms with Crippen LogP contribution in [-0.2, 0) is 11.3 Å². The molecule has 0 spiro atoms. The quantitative estimate of drug-likeness (QED) is 0.649. The van der Waals surface area contributed by atoms with Crippen molar-refractivity contribution in [2.24, 2.45) is 0 Å². The van der Waals surface area contributed by atoms with E-state index in [9.17, 15) is 4.79 Å². The summed E-state index contributed by atoms with van der Waals surface area (Å²) in [6.07, 6.45) is 6.60. The number of likely N-dealkylation sites (tertiary alicyclic amines) is 1. The van der Waals surface area contributed by atoms with E-state index in [1.807, 2.05) is 24.5 Å². The van der Waals surface area contributed by atoms with Gasteiger partial charge in [0.15, 0.2) is 0 Å². The van der Waals surface area contributed by atoms with Crippen molar-refractivity contribution in [2.75, 3.05) is 13.1 Å². The van der Waals surface area contributed by atoms with E-state index in [-0.39, 0.29) is 18.0 Å². The van der Waals surface area contributed by atoms with Gasteiger partial charge >= 0.3 is 0 Å². The van der Waals surface area contributed by atoms with Crippen LogP contribution in [0.3, 0.4) is 0 Å². The van der Waals surface area contributed by atoms with E-state index in [0.29, 0.717) is 6.42 Å². The maximum Gasteiger partial charge on any atom is 0.222 e. The average Bonchev–Trinajstić information content (AvgIpc) is 3.43. The Kier molecular flexibility index (Phi) is 6.24. The Morgan fingerprint density at radius 2 is 1.82 bits per heavy atom. The molecule has 3 aromatic rings. The van der Waals surface area contributed by atoms with Crippen molar-refractivity contribution in [1.29, 1.82) is 0 Å². The highest BCUT2D eigenvalue weighted by molar-refractivity contribution is 7.08. The lowest BCUT2D eigenvalue weighted by molar-refractivity contribution is -0.122. The topological polar surface area (TPSA) is 37.3 Å². The fourth-order valence-electron chi connectivity index (χ4n) is 3.95. The van der Waals surface area contributed by atoms with Gasteiger partial charge in [0.25, 0.3) is 0 Å². The Balaban J connectivity index is 1.28. The summed E-state index contributed by atoms with van der Waals surface area (Å²) in [7, 11) is 0. The van der Waals surface area contributed by atoms with Crippen LogP contribution in [0.15, 0.2) is 71.7 Å². The minimum Gasteiger partial charge on any atom is -0.353 e. The van der Waals surface area contributed by atoms with Gasteiger partial charge < -0.3 is 9.88 Å². The zero-order valence-electron chi connectivity index (χ0n) is 16.0. The van der Waals surface area contributed by atoms with Crippen molar-refractivity contribution in [3.63, 3.8) is 0 Å². The summed E-state index contributed by atoms with van der Waals surface area (Å²) in [6.45, 7) is 3.06. The van der Waals surface area contributed by atoms with Crippen LogP contribution in [-0.4, -0.2) is 34.5 Å². The lowest BCUT2D eigenvalue weighted by Crippen LogP contribution is -2.44. The van der Waals surface area contributed by atoms with Crippen LogP contribution >= 0.6 is 11.3 Å². The van der Waals surface area contributed by atoms with Gasteiger partial charge in [-0.2, -0.15) is 11.3 Å². The molecule has 1 amide bonds. The number of hydrogen-bond donors (Lipinski definition) is 1. The number of nitrogens with one attached hydrogen (secondary N) is 1. The molecule has 1 unspecified atom stereocenters. The third-order valence-corrected chi connectivity index (χ3v) is 6.20. The lowest BCUT2D eigenvalue weighted by Gasteiger charge is -2.32. The van der Waals surface area contributed by atoms with Crippen molar-refractivity contribution in [3.8, 4) is 0 Å². The van der Waals surface area contributed by atoms with Gasteiger partial charge in [0.2, 0.25) is 5.91 Å². The molecule has 1 N–H and O–H groups in total. The molecule has 0 saturated carbocycles. The highest BCUT2D eigenvalue weighted by atomic mass is 32.1. The molecular weight excluding hydrogens is 366 g/mol. The molecule has 1 atom stereocenters. The third-order valence-electron chi connectivity index (χ3n) is 5.50. The number of benzene rings is 1. The molecule has 0 bridgehead atoms. The fraction of sp³-hybridized carbons (Fsp3) is 0.348. The first-order valence-corrected chi connectivity index (χ1v) is 10.9. The molecule has 1 aliphatic heterocycles. The second kappa shape index (κ2) is 9.22. The Morgan fingerprint density at radius 1 is 1.07 bits per heavy atom. The molecule has 1 saturated heterocycles. The second-order valence-corrected chi connectivity index (χ2v) is 8.29. The smallest absolute Gasteiger partial charge is 0.222 e. The van der Waals surface area contributed by atoms with Crippen LogP contribution < -0.4 is 5.32 Å². The number of rotatable bonds is 7. The number of hydrogen-bond acceptors (Lipinski definition) is 3. The molecule has 3 heterocycles. The van der Waals surface area contributed by atoms with Gasteiger partial charge in [-0.1, -0.05) is 30.3 Å². The summed E-state index contributed by atoms with van der Waals surface area (Å²) in [6, 6.07) is 17.1. The van der Waals surface area contributed by atoms with E-state index >= 15 is 0 Å². The zero-order chi connectivity index (χ0) is 19.2. The number of piperidine rings is 1. The van der Waals surface area contributed by atoms with Crippen LogP contribution in [0.2, 0.25) is 0 Å². The molecule has 0 aliphatic carbocycles. The summed E-state index contributed by atoms with van der Waals surface area (Å²) in [4.78, 5) is 15.2. The number of amides is 1. The summed E-state index contributed by atoms with van der Waals surface area (Å²) in [5, 5.41) is 7.50. The first-order valence-electron chi connectivity index (χ1n) is 9.98. The molecule has 4 nitrogen and oxygen atoms in total. The first kappa shape index (κ1) is 19.0. The molecule has 2 aromatic heterocycles. The van der Waals surface area contributed by atoms with Gasteiger partial charge in [0.05, 0.1) is 12.5 Å². The fourth-order valence-corrected chi connectivity index (χ4v) is 4.66. The number of aromatic nitrogens is 1. The maximum atomic E-state index is 12.7. The van der Waals surface area contributed by atoms with Crippen LogP contribution in [0.25, 0.3) is 0 Å². The van der Waals surface area contributed by atoms with E-state index in [4.69, 9.17) is 0 Å². The highest BCUT2D eigenvalue weighted by Gasteiger charge is 2.23. The van der Waals surface area contributed by atoms with Gasteiger partial charge in [-0.25, -0.2) is 0 Å². The molecule has 28 heavy (non-hydrogen) atoms. The van der Waals surface area contributed by atoms with Crippen molar-refractivity contribution < 1.29 is 4.79 Å². The molecule has 0 radical (unpaired) electrons. The van der Waals surface area contributed by atoms with E-state index in [1.165, 1.54) is 11.1 Å². The number of carbonyl (C=O) groups is 1. The zero-order valence-corrected chi connectivity index (χ0v) is 16.9. The van der Waals surface area contributed by atoms with Gasteiger partial charge in [-0.15, -0.1) is 0 Å². The summed E-state index contributed by atoms with van der Waals surface area (Å²) >= 11 is 1.68. The molecule has 1 aromatic carbocycles. The van der Waals surface area contributed by atoms with Crippen molar-refractivity contribution in [2.45, 2.75) is 37.9 Å². The Labute approximate surface area is 170 Å². The third kappa shape index (κ3) is 4.91. The first-order chi connectivity index (χ1) is 13.8. The number of thiophene rings is 1. The van der Waals surface area contributed by atoms with Crippen LogP contribution in [0.5, 0.6) is 0 Å².